The molecule has 1 aromatic rings. The van der Waals surface area contributed by atoms with Crippen molar-refractivity contribution in [1.82, 2.24) is 4.37 Å². The van der Waals surface area contributed by atoms with Crippen molar-refractivity contribution in [2.24, 2.45) is 0 Å². The second kappa shape index (κ2) is 7.25. The normalized spacial score (nSPS) is 9.94. The molecule has 0 aliphatic rings. The van der Waals surface area contributed by atoms with Crippen molar-refractivity contribution in [3.63, 3.8) is 0 Å². The average molecular weight is 272 g/mol. The maximum atomic E-state index is 11.6. The van der Waals surface area contributed by atoms with E-state index in [-0.39, 0.29) is 16.6 Å². The number of carbonyl (C=O) groups is 1. The standard InChI is InChI=1S/C11H14ClN3OS/c1-2-3-4-5-6-9(16)14-11-8(7-13)10(12)15-17-11/h2-6H2,1H3,(H,14,16). The lowest BCUT2D eigenvalue weighted by molar-refractivity contribution is -0.116. The molecule has 0 aliphatic carbocycles. The van der Waals surface area contributed by atoms with Gasteiger partial charge in [0.15, 0.2) is 5.15 Å². The molecule has 17 heavy (non-hydrogen) atoms. The summed E-state index contributed by atoms with van der Waals surface area (Å²) in [7, 11) is 0. The summed E-state index contributed by atoms with van der Waals surface area (Å²) < 4.78 is 3.82. The lowest BCUT2D eigenvalue weighted by Crippen LogP contribution is -2.10. The van der Waals surface area contributed by atoms with Crippen LogP contribution in [0.1, 0.15) is 44.6 Å². The van der Waals surface area contributed by atoms with Crippen LogP contribution in [0.2, 0.25) is 5.15 Å². The van der Waals surface area contributed by atoms with Gasteiger partial charge in [0.2, 0.25) is 5.91 Å². The van der Waals surface area contributed by atoms with Crippen molar-refractivity contribution in [2.75, 3.05) is 5.32 Å². The molecule has 0 saturated heterocycles. The Kier molecular flexibility index (Phi) is 5.95. The molecule has 1 N–H and O–H groups in total. The van der Waals surface area contributed by atoms with E-state index >= 15 is 0 Å². The molecule has 0 fully saturated rings. The first-order valence-corrected chi connectivity index (χ1v) is 6.69. The van der Waals surface area contributed by atoms with Crippen LogP contribution in [0.3, 0.4) is 0 Å². The fourth-order valence-electron chi connectivity index (χ4n) is 1.35. The SMILES string of the molecule is CCCCCCC(=O)Nc1snc(Cl)c1C#N. The van der Waals surface area contributed by atoms with Crippen molar-refractivity contribution >= 4 is 34.0 Å². The Labute approximate surface area is 110 Å². The van der Waals surface area contributed by atoms with E-state index in [0.717, 1.165) is 37.2 Å². The van der Waals surface area contributed by atoms with Crippen molar-refractivity contribution in [1.29, 1.82) is 5.26 Å². The van der Waals surface area contributed by atoms with Gasteiger partial charge in [-0.05, 0) is 18.0 Å². The molecule has 0 saturated carbocycles. The first-order valence-electron chi connectivity index (χ1n) is 5.54. The highest BCUT2D eigenvalue weighted by Crippen LogP contribution is 2.27. The van der Waals surface area contributed by atoms with Gasteiger partial charge in [0.1, 0.15) is 16.6 Å². The highest BCUT2D eigenvalue weighted by atomic mass is 35.5. The van der Waals surface area contributed by atoms with E-state index in [4.69, 9.17) is 16.9 Å². The second-order valence-corrected chi connectivity index (χ2v) is 4.78. The molecule has 0 aromatic carbocycles. The predicted octanol–water partition coefficient (Wildman–Crippen LogP) is 3.58. The smallest absolute Gasteiger partial charge is 0.225 e. The molecule has 0 unspecified atom stereocenters. The average Bonchev–Trinajstić information content (AvgIpc) is 2.65. The summed E-state index contributed by atoms with van der Waals surface area (Å²) in [5, 5.41) is 12.1. The number of nitrogens with zero attached hydrogens (tertiary/aromatic N) is 2. The number of halogens is 1. The van der Waals surface area contributed by atoms with Gasteiger partial charge in [0, 0.05) is 6.42 Å². The van der Waals surface area contributed by atoms with Crippen LogP contribution in [0, 0.1) is 11.3 Å². The number of rotatable bonds is 6. The fourth-order valence-corrected chi connectivity index (χ4v) is 2.31. The molecule has 1 heterocycles. The first kappa shape index (κ1) is 13.9. The zero-order valence-corrected chi connectivity index (χ0v) is 11.2. The Bertz CT molecular complexity index is 425. The summed E-state index contributed by atoms with van der Waals surface area (Å²) in [4.78, 5) is 11.6. The number of hydrogen-bond acceptors (Lipinski definition) is 4. The van der Waals surface area contributed by atoms with E-state index < -0.39 is 0 Å². The Morgan fingerprint density at radius 3 is 2.94 bits per heavy atom. The van der Waals surface area contributed by atoms with Gasteiger partial charge in [-0.2, -0.15) is 9.64 Å². The van der Waals surface area contributed by atoms with Crippen molar-refractivity contribution in [3.8, 4) is 6.07 Å². The van der Waals surface area contributed by atoms with Crippen LogP contribution in [0.25, 0.3) is 0 Å². The lowest BCUT2D eigenvalue weighted by atomic mass is 10.1. The van der Waals surface area contributed by atoms with Gasteiger partial charge >= 0.3 is 0 Å². The van der Waals surface area contributed by atoms with Gasteiger partial charge in [-0.3, -0.25) is 4.79 Å². The summed E-state index contributed by atoms with van der Waals surface area (Å²) in [6, 6.07) is 1.93. The summed E-state index contributed by atoms with van der Waals surface area (Å²) in [5.74, 6) is -0.0853. The van der Waals surface area contributed by atoms with Gasteiger partial charge < -0.3 is 5.32 Å². The van der Waals surface area contributed by atoms with Crippen LogP contribution in [0.15, 0.2) is 0 Å². The summed E-state index contributed by atoms with van der Waals surface area (Å²) >= 11 is 6.74. The van der Waals surface area contributed by atoms with Crippen LogP contribution < -0.4 is 5.32 Å². The maximum absolute atomic E-state index is 11.6. The van der Waals surface area contributed by atoms with Gasteiger partial charge in [0.05, 0.1) is 0 Å². The number of nitriles is 1. The molecule has 0 aliphatic heterocycles. The minimum absolute atomic E-state index is 0.0853. The van der Waals surface area contributed by atoms with Crippen LogP contribution in [0.5, 0.6) is 0 Å². The number of nitrogens with one attached hydrogen (secondary N) is 1. The Hall–Kier alpha value is -1.12. The minimum Gasteiger partial charge on any atom is -0.315 e. The quantitative estimate of drug-likeness (QED) is 0.804. The van der Waals surface area contributed by atoms with Crippen LogP contribution in [-0.2, 0) is 4.79 Å². The molecule has 0 spiro atoms. The molecule has 0 bridgehead atoms. The first-order chi connectivity index (χ1) is 8.19. The lowest BCUT2D eigenvalue weighted by Gasteiger charge is -2.02. The third-order valence-electron chi connectivity index (χ3n) is 2.27. The number of amides is 1. The molecule has 1 amide bonds. The number of aromatic nitrogens is 1. The van der Waals surface area contributed by atoms with E-state index in [1.807, 2.05) is 6.07 Å². The number of anilines is 1. The highest BCUT2D eigenvalue weighted by molar-refractivity contribution is 7.11. The molecular weight excluding hydrogens is 258 g/mol. The minimum atomic E-state index is -0.0853. The Balaban J connectivity index is 2.43. The second-order valence-electron chi connectivity index (χ2n) is 3.65. The zero-order chi connectivity index (χ0) is 12.7. The number of carbonyl (C=O) groups excluding carboxylic acids is 1. The molecule has 0 atom stereocenters. The molecule has 0 radical (unpaired) electrons. The van der Waals surface area contributed by atoms with Crippen molar-refractivity contribution < 1.29 is 4.79 Å². The predicted molar refractivity (Wildman–Crippen MR) is 69.2 cm³/mol. The third kappa shape index (κ3) is 4.33. The fraction of sp³-hybridized carbons (Fsp3) is 0.545. The number of hydrogen-bond donors (Lipinski definition) is 1. The summed E-state index contributed by atoms with van der Waals surface area (Å²) in [6.07, 6.45) is 4.68. The Morgan fingerprint density at radius 1 is 1.53 bits per heavy atom. The summed E-state index contributed by atoms with van der Waals surface area (Å²) in [6.45, 7) is 2.12. The van der Waals surface area contributed by atoms with E-state index in [0.29, 0.717) is 11.4 Å². The molecule has 4 nitrogen and oxygen atoms in total. The van der Waals surface area contributed by atoms with Gasteiger partial charge in [-0.1, -0.05) is 37.8 Å². The molecule has 1 aromatic heterocycles. The maximum Gasteiger partial charge on any atom is 0.225 e. The topological polar surface area (TPSA) is 65.8 Å². The third-order valence-corrected chi connectivity index (χ3v) is 3.41. The largest absolute Gasteiger partial charge is 0.315 e. The molecule has 1 rings (SSSR count). The van der Waals surface area contributed by atoms with Crippen LogP contribution in [-0.4, -0.2) is 10.3 Å². The van der Waals surface area contributed by atoms with Crippen molar-refractivity contribution in [2.45, 2.75) is 39.0 Å². The highest BCUT2D eigenvalue weighted by Gasteiger charge is 2.13. The number of unbranched alkanes of at least 4 members (excludes halogenated alkanes) is 3. The van der Waals surface area contributed by atoms with E-state index in [1.54, 1.807) is 0 Å². The van der Waals surface area contributed by atoms with E-state index in [1.165, 1.54) is 0 Å². The monoisotopic (exact) mass is 271 g/mol. The van der Waals surface area contributed by atoms with Gasteiger partial charge in [-0.25, -0.2) is 0 Å². The van der Waals surface area contributed by atoms with E-state index in [2.05, 4.69) is 16.6 Å². The summed E-state index contributed by atoms with van der Waals surface area (Å²) in [5.41, 5.74) is 0.249. The van der Waals surface area contributed by atoms with Crippen LogP contribution >= 0.6 is 23.1 Å². The van der Waals surface area contributed by atoms with E-state index in [9.17, 15) is 4.79 Å². The molecule has 6 heteroatoms. The zero-order valence-electron chi connectivity index (χ0n) is 9.62. The molecular formula is C11H14ClN3OS. The Morgan fingerprint density at radius 2 is 2.29 bits per heavy atom. The van der Waals surface area contributed by atoms with Gasteiger partial charge in [0.25, 0.3) is 0 Å². The van der Waals surface area contributed by atoms with Gasteiger partial charge in [-0.15, -0.1) is 0 Å². The molecule has 92 valence electrons. The van der Waals surface area contributed by atoms with Crippen molar-refractivity contribution in [3.05, 3.63) is 10.7 Å². The van der Waals surface area contributed by atoms with Crippen LogP contribution in [0.4, 0.5) is 5.00 Å².